The summed E-state index contributed by atoms with van der Waals surface area (Å²) in [7, 11) is 0. The number of rotatable bonds is 4. The van der Waals surface area contributed by atoms with Crippen molar-refractivity contribution in [2.24, 2.45) is 0 Å². The fraction of sp³-hybridized carbons (Fsp3) is 0.263. The zero-order valence-electron chi connectivity index (χ0n) is 13.7. The van der Waals surface area contributed by atoms with Crippen molar-refractivity contribution in [1.82, 2.24) is 10.2 Å². The van der Waals surface area contributed by atoms with Crippen LogP contribution >= 0.6 is 0 Å². The number of likely N-dealkylation sites (tertiary alicyclic amines) is 1. The zero-order chi connectivity index (χ0) is 17.6. The number of nitrogens with one attached hydrogen (secondary N) is 2. The normalized spacial score (nSPS) is 16.5. The lowest BCUT2D eigenvalue weighted by Crippen LogP contribution is -2.40. The van der Waals surface area contributed by atoms with Crippen LogP contribution in [0.5, 0.6) is 0 Å². The van der Waals surface area contributed by atoms with E-state index in [9.17, 15) is 14.0 Å². The highest BCUT2D eigenvalue weighted by Crippen LogP contribution is 2.13. The summed E-state index contributed by atoms with van der Waals surface area (Å²) in [5.74, 6) is -0.288. The topological polar surface area (TPSA) is 61.4 Å². The zero-order valence-corrected chi connectivity index (χ0v) is 13.7. The molecular formula is C19H20FN3O2. The predicted octanol–water partition coefficient (Wildman–Crippen LogP) is 2.79. The monoisotopic (exact) mass is 341 g/mol. The van der Waals surface area contributed by atoms with Crippen LogP contribution in [0.15, 0.2) is 54.6 Å². The first-order chi connectivity index (χ1) is 12.1. The molecule has 6 heteroatoms. The minimum Gasteiger partial charge on any atom is -0.340 e. The smallest absolute Gasteiger partial charge is 0.319 e. The van der Waals surface area contributed by atoms with Crippen LogP contribution in [0, 0.1) is 5.82 Å². The molecule has 3 rings (SSSR count). The van der Waals surface area contributed by atoms with Gasteiger partial charge in [-0.2, -0.15) is 0 Å². The maximum atomic E-state index is 12.9. The highest BCUT2D eigenvalue weighted by Gasteiger charge is 2.27. The molecule has 0 aromatic heterocycles. The number of hydrogen-bond donors (Lipinski definition) is 2. The van der Waals surface area contributed by atoms with E-state index in [-0.39, 0.29) is 23.8 Å². The summed E-state index contributed by atoms with van der Waals surface area (Å²) in [4.78, 5) is 26.1. The molecule has 0 saturated carbocycles. The Kier molecular flexibility index (Phi) is 5.28. The van der Waals surface area contributed by atoms with Crippen LogP contribution in [0.25, 0.3) is 0 Å². The van der Waals surface area contributed by atoms with Gasteiger partial charge in [-0.15, -0.1) is 0 Å². The summed E-state index contributed by atoms with van der Waals surface area (Å²) < 4.78 is 12.9. The Morgan fingerprint density at radius 2 is 1.80 bits per heavy atom. The maximum Gasteiger partial charge on any atom is 0.319 e. The predicted molar refractivity (Wildman–Crippen MR) is 93.7 cm³/mol. The molecule has 0 unspecified atom stereocenters. The molecular weight excluding hydrogens is 321 g/mol. The van der Waals surface area contributed by atoms with Gasteiger partial charge in [0.25, 0.3) is 0 Å². The third kappa shape index (κ3) is 4.79. The first-order valence-corrected chi connectivity index (χ1v) is 8.25. The van der Waals surface area contributed by atoms with Gasteiger partial charge in [-0.1, -0.05) is 30.3 Å². The molecule has 2 aromatic rings. The Morgan fingerprint density at radius 1 is 1.08 bits per heavy atom. The minimum atomic E-state index is -0.353. The number of benzene rings is 2. The number of carbonyl (C=O) groups is 2. The first-order valence-electron chi connectivity index (χ1n) is 8.25. The van der Waals surface area contributed by atoms with Gasteiger partial charge in [-0.25, -0.2) is 9.18 Å². The number of amides is 3. The van der Waals surface area contributed by atoms with Crippen molar-refractivity contribution in [3.05, 3.63) is 66.0 Å². The van der Waals surface area contributed by atoms with Crippen LogP contribution in [-0.2, 0) is 11.2 Å². The Hall–Kier alpha value is -2.89. The third-order valence-electron chi connectivity index (χ3n) is 4.18. The minimum absolute atomic E-state index is 0.0643. The third-order valence-corrected chi connectivity index (χ3v) is 4.18. The molecule has 1 saturated heterocycles. The molecule has 1 atom stereocenters. The average Bonchev–Trinajstić information content (AvgIpc) is 3.06. The Bertz CT molecular complexity index is 734. The van der Waals surface area contributed by atoms with Crippen molar-refractivity contribution in [2.75, 3.05) is 18.4 Å². The molecule has 130 valence electrons. The summed E-state index contributed by atoms with van der Waals surface area (Å²) in [6, 6.07) is 14.7. The largest absolute Gasteiger partial charge is 0.340 e. The maximum absolute atomic E-state index is 12.9. The lowest BCUT2D eigenvalue weighted by Gasteiger charge is -2.17. The molecule has 2 aromatic carbocycles. The van der Waals surface area contributed by atoms with Gasteiger partial charge in [0.15, 0.2) is 0 Å². The molecule has 0 radical (unpaired) electrons. The van der Waals surface area contributed by atoms with Gasteiger partial charge in [0, 0.05) is 24.8 Å². The van der Waals surface area contributed by atoms with Crippen LogP contribution in [0.3, 0.4) is 0 Å². The molecule has 2 N–H and O–H groups in total. The summed E-state index contributed by atoms with van der Waals surface area (Å²) in [5, 5.41) is 5.51. The van der Waals surface area contributed by atoms with Gasteiger partial charge >= 0.3 is 6.03 Å². The molecule has 0 bridgehead atoms. The van der Waals surface area contributed by atoms with Crippen LogP contribution < -0.4 is 10.6 Å². The highest BCUT2D eigenvalue weighted by atomic mass is 19.1. The van der Waals surface area contributed by atoms with Gasteiger partial charge < -0.3 is 15.5 Å². The van der Waals surface area contributed by atoms with Crippen LogP contribution in [-0.4, -0.2) is 36.0 Å². The fourth-order valence-corrected chi connectivity index (χ4v) is 2.87. The molecule has 0 spiro atoms. The molecule has 1 heterocycles. The van der Waals surface area contributed by atoms with E-state index in [1.54, 1.807) is 4.90 Å². The van der Waals surface area contributed by atoms with E-state index < -0.39 is 0 Å². The van der Waals surface area contributed by atoms with E-state index in [4.69, 9.17) is 0 Å². The molecule has 1 aliphatic rings. The number of carbonyl (C=O) groups excluding carboxylic acids is 2. The second-order valence-electron chi connectivity index (χ2n) is 6.09. The molecule has 5 nitrogen and oxygen atoms in total. The molecule has 25 heavy (non-hydrogen) atoms. The summed E-state index contributed by atoms with van der Waals surface area (Å²) in [5.41, 5.74) is 1.51. The lowest BCUT2D eigenvalue weighted by atomic mass is 10.1. The SMILES string of the molecule is O=C(Nc1ccc(F)cc1)N[C@@H]1CCN(C(=O)Cc2ccccc2)C1. The van der Waals surface area contributed by atoms with E-state index in [0.717, 1.165) is 12.0 Å². The molecule has 1 aliphatic heterocycles. The Morgan fingerprint density at radius 3 is 2.52 bits per heavy atom. The number of hydrogen-bond acceptors (Lipinski definition) is 2. The molecule has 1 fully saturated rings. The highest BCUT2D eigenvalue weighted by molar-refractivity contribution is 5.89. The summed E-state index contributed by atoms with van der Waals surface area (Å²) in [6.45, 7) is 1.13. The fourth-order valence-electron chi connectivity index (χ4n) is 2.87. The van der Waals surface area contributed by atoms with Crippen molar-refractivity contribution in [3.8, 4) is 0 Å². The summed E-state index contributed by atoms with van der Waals surface area (Å²) >= 11 is 0. The standard InChI is InChI=1S/C19H20FN3O2/c20-15-6-8-16(9-7-15)21-19(25)22-17-10-11-23(13-17)18(24)12-14-4-2-1-3-5-14/h1-9,17H,10-13H2,(H2,21,22,25)/t17-/m1/s1. The quantitative estimate of drug-likeness (QED) is 0.898. The first kappa shape index (κ1) is 17.0. The Balaban J connectivity index is 1.46. The van der Waals surface area contributed by atoms with Crippen LogP contribution in [0.4, 0.5) is 14.9 Å². The molecule has 0 aliphatic carbocycles. The van der Waals surface area contributed by atoms with Gasteiger partial charge in [0.05, 0.1) is 6.42 Å². The van der Waals surface area contributed by atoms with Gasteiger partial charge in [-0.3, -0.25) is 4.79 Å². The van der Waals surface area contributed by atoms with Crippen LogP contribution in [0.1, 0.15) is 12.0 Å². The van der Waals surface area contributed by atoms with Crippen molar-refractivity contribution in [3.63, 3.8) is 0 Å². The van der Waals surface area contributed by atoms with Crippen molar-refractivity contribution >= 4 is 17.6 Å². The molecule has 3 amide bonds. The van der Waals surface area contributed by atoms with Crippen molar-refractivity contribution in [1.29, 1.82) is 0 Å². The van der Waals surface area contributed by atoms with E-state index >= 15 is 0 Å². The Labute approximate surface area is 145 Å². The number of urea groups is 1. The average molecular weight is 341 g/mol. The second-order valence-corrected chi connectivity index (χ2v) is 6.09. The number of anilines is 1. The van der Waals surface area contributed by atoms with E-state index in [1.165, 1.54) is 24.3 Å². The van der Waals surface area contributed by atoms with Crippen molar-refractivity contribution in [2.45, 2.75) is 18.9 Å². The number of halogens is 1. The van der Waals surface area contributed by atoms with Gasteiger partial charge in [-0.05, 0) is 36.2 Å². The van der Waals surface area contributed by atoms with Gasteiger partial charge in [0.2, 0.25) is 5.91 Å². The second kappa shape index (κ2) is 7.79. The van der Waals surface area contributed by atoms with E-state index in [2.05, 4.69) is 10.6 Å². The van der Waals surface area contributed by atoms with Gasteiger partial charge in [0.1, 0.15) is 5.82 Å². The summed E-state index contributed by atoms with van der Waals surface area (Å²) in [6.07, 6.45) is 1.09. The lowest BCUT2D eigenvalue weighted by molar-refractivity contribution is -0.129. The number of nitrogens with zero attached hydrogens (tertiary/aromatic N) is 1. The van der Waals surface area contributed by atoms with Crippen molar-refractivity contribution < 1.29 is 14.0 Å². The van der Waals surface area contributed by atoms with E-state index in [1.807, 2.05) is 30.3 Å². The van der Waals surface area contributed by atoms with Crippen LogP contribution in [0.2, 0.25) is 0 Å². The van der Waals surface area contributed by atoms with E-state index in [0.29, 0.717) is 25.2 Å².